The van der Waals surface area contributed by atoms with Crippen molar-refractivity contribution >= 4 is 17.8 Å². The van der Waals surface area contributed by atoms with E-state index in [2.05, 4.69) is 5.32 Å². The molecule has 0 aromatic carbocycles. The summed E-state index contributed by atoms with van der Waals surface area (Å²) in [6.45, 7) is 2.16. The monoisotopic (exact) mass is 344 g/mol. The third-order valence-electron chi connectivity index (χ3n) is 4.72. The number of hydrogen-bond acceptors (Lipinski definition) is 4. The number of nitrogens with zero attached hydrogens (tertiary/aromatic N) is 3. The molecule has 0 radical (unpaired) electrons. The standard InChI is InChI=1S/C18H24N4O3/c1-13-7-10-22(15(11-13)19-14-5-3-2-4-6-14)17(24)12-21-9-8-16(23)20-18(21)25/h7,10-11,14H,2-6,8-9,12H2,1H3,(H,20,23,25). The van der Waals surface area contributed by atoms with E-state index in [1.807, 2.05) is 19.1 Å². The van der Waals surface area contributed by atoms with Gasteiger partial charge in [0.15, 0.2) is 0 Å². The van der Waals surface area contributed by atoms with Crippen molar-refractivity contribution in [2.24, 2.45) is 4.99 Å². The van der Waals surface area contributed by atoms with Crippen LogP contribution >= 0.6 is 0 Å². The van der Waals surface area contributed by atoms with Crippen LogP contribution in [0.25, 0.3) is 0 Å². The Bertz CT molecular complexity index is 747. The summed E-state index contributed by atoms with van der Waals surface area (Å²) in [4.78, 5) is 41.9. The number of nitrogens with one attached hydrogen (secondary N) is 1. The molecule has 1 aliphatic heterocycles. The van der Waals surface area contributed by atoms with Crippen LogP contribution in [0, 0.1) is 6.92 Å². The molecule has 2 fully saturated rings. The summed E-state index contributed by atoms with van der Waals surface area (Å²) in [6.07, 6.45) is 7.65. The molecule has 1 saturated heterocycles. The van der Waals surface area contributed by atoms with Gasteiger partial charge in [0.1, 0.15) is 12.0 Å². The van der Waals surface area contributed by atoms with Crippen LogP contribution in [0.2, 0.25) is 0 Å². The molecule has 25 heavy (non-hydrogen) atoms. The molecule has 1 saturated carbocycles. The highest BCUT2D eigenvalue weighted by Crippen LogP contribution is 2.19. The minimum atomic E-state index is -0.511. The van der Waals surface area contributed by atoms with Gasteiger partial charge in [-0.2, -0.15) is 0 Å². The molecule has 7 nitrogen and oxygen atoms in total. The van der Waals surface area contributed by atoms with Gasteiger partial charge in [0.2, 0.25) is 5.91 Å². The molecule has 1 aromatic heterocycles. The quantitative estimate of drug-likeness (QED) is 0.904. The number of pyridine rings is 1. The van der Waals surface area contributed by atoms with Gasteiger partial charge >= 0.3 is 6.03 Å². The molecule has 1 N–H and O–H groups in total. The van der Waals surface area contributed by atoms with Gasteiger partial charge in [-0.1, -0.05) is 19.3 Å². The lowest BCUT2D eigenvalue weighted by Gasteiger charge is -2.26. The summed E-state index contributed by atoms with van der Waals surface area (Å²) in [7, 11) is 0. The maximum atomic E-state index is 12.7. The highest BCUT2D eigenvalue weighted by Gasteiger charge is 2.25. The maximum Gasteiger partial charge on any atom is 0.324 e. The average Bonchev–Trinajstić information content (AvgIpc) is 2.58. The normalized spacial score (nSPS) is 19.9. The van der Waals surface area contributed by atoms with E-state index in [9.17, 15) is 14.4 Å². The molecule has 1 aromatic rings. The lowest BCUT2D eigenvalue weighted by molar-refractivity contribution is -0.121. The molecule has 0 atom stereocenters. The molecule has 1 aliphatic carbocycles. The zero-order valence-corrected chi connectivity index (χ0v) is 14.5. The molecule has 7 heteroatoms. The second kappa shape index (κ2) is 7.63. The van der Waals surface area contributed by atoms with Gasteiger partial charge in [-0.15, -0.1) is 0 Å². The average molecular weight is 344 g/mol. The summed E-state index contributed by atoms with van der Waals surface area (Å²) in [5.41, 5.74) is 1.69. The van der Waals surface area contributed by atoms with E-state index in [1.165, 1.54) is 28.7 Å². The van der Waals surface area contributed by atoms with Gasteiger partial charge in [0.25, 0.3) is 5.91 Å². The minimum absolute atomic E-state index is 0.0694. The topological polar surface area (TPSA) is 83.8 Å². The van der Waals surface area contributed by atoms with E-state index < -0.39 is 6.03 Å². The van der Waals surface area contributed by atoms with Gasteiger partial charge in [-0.25, -0.2) is 4.79 Å². The zero-order valence-electron chi connectivity index (χ0n) is 14.5. The SMILES string of the molecule is Cc1ccn(C(=O)CN2CCC(=O)NC2=O)c(=NC2CCCCC2)c1. The highest BCUT2D eigenvalue weighted by atomic mass is 16.2. The van der Waals surface area contributed by atoms with Crippen molar-refractivity contribution in [3.63, 3.8) is 0 Å². The molecule has 2 aliphatic rings. The van der Waals surface area contributed by atoms with Crippen molar-refractivity contribution in [3.05, 3.63) is 29.4 Å². The van der Waals surface area contributed by atoms with Crippen LogP contribution in [0.15, 0.2) is 23.3 Å². The Morgan fingerprint density at radius 3 is 2.76 bits per heavy atom. The Morgan fingerprint density at radius 2 is 2.04 bits per heavy atom. The van der Waals surface area contributed by atoms with Gasteiger partial charge < -0.3 is 4.90 Å². The van der Waals surface area contributed by atoms with Crippen LogP contribution in [0.3, 0.4) is 0 Å². The van der Waals surface area contributed by atoms with Crippen LogP contribution in [-0.4, -0.2) is 46.4 Å². The maximum absolute atomic E-state index is 12.7. The van der Waals surface area contributed by atoms with Crippen molar-refractivity contribution in [1.29, 1.82) is 0 Å². The fraction of sp³-hybridized carbons (Fsp3) is 0.556. The molecule has 0 bridgehead atoms. The molecule has 3 rings (SSSR count). The number of carbonyl (C=O) groups excluding carboxylic acids is 3. The van der Waals surface area contributed by atoms with Crippen LogP contribution in [-0.2, 0) is 4.79 Å². The van der Waals surface area contributed by atoms with Crippen LogP contribution in [0.5, 0.6) is 0 Å². The van der Waals surface area contributed by atoms with Crippen molar-refractivity contribution in [2.75, 3.05) is 13.1 Å². The molecule has 134 valence electrons. The van der Waals surface area contributed by atoms with Gasteiger partial charge in [0, 0.05) is 19.2 Å². The fourth-order valence-electron chi connectivity index (χ4n) is 3.29. The molecule has 3 amide bonds. The third kappa shape index (κ3) is 4.35. The first-order valence-electron chi connectivity index (χ1n) is 8.88. The summed E-state index contributed by atoms with van der Waals surface area (Å²) >= 11 is 0. The van der Waals surface area contributed by atoms with Crippen LogP contribution in [0.4, 0.5) is 4.79 Å². The minimum Gasteiger partial charge on any atom is -0.315 e. The van der Waals surface area contributed by atoms with E-state index in [-0.39, 0.29) is 37.4 Å². The Hall–Kier alpha value is -2.44. The van der Waals surface area contributed by atoms with Crippen LogP contribution in [0.1, 0.15) is 48.9 Å². The van der Waals surface area contributed by atoms with E-state index >= 15 is 0 Å². The molecular weight excluding hydrogens is 320 g/mol. The van der Waals surface area contributed by atoms with Crippen molar-refractivity contribution in [1.82, 2.24) is 14.8 Å². The Balaban J connectivity index is 1.81. The van der Waals surface area contributed by atoms with Crippen LogP contribution < -0.4 is 10.8 Å². The van der Waals surface area contributed by atoms with Gasteiger partial charge in [-0.05, 0) is 37.5 Å². The zero-order chi connectivity index (χ0) is 17.8. The Labute approximate surface area is 146 Å². The van der Waals surface area contributed by atoms with Gasteiger partial charge in [0.05, 0.1) is 6.04 Å². The van der Waals surface area contributed by atoms with Crippen molar-refractivity contribution in [3.8, 4) is 0 Å². The lowest BCUT2D eigenvalue weighted by Crippen LogP contribution is -2.52. The summed E-state index contributed by atoms with van der Waals surface area (Å²) in [6, 6.07) is 3.51. The fourth-order valence-corrected chi connectivity index (χ4v) is 3.29. The Morgan fingerprint density at radius 1 is 1.28 bits per heavy atom. The first-order chi connectivity index (χ1) is 12.0. The number of hydrogen-bond donors (Lipinski definition) is 1. The molecule has 0 spiro atoms. The van der Waals surface area contributed by atoms with Crippen molar-refractivity contribution < 1.29 is 14.4 Å². The van der Waals surface area contributed by atoms with Gasteiger partial charge in [-0.3, -0.25) is 24.5 Å². The number of rotatable bonds is 3. The molecule has 2 heterocycles. The second-order valence-electron chi connectivity index (χ2n) is 6.77. The predicted molar refractivity (Wildman–Crippen MR) is 92.0 cm³/mol. The number of imide groups is 1. The first-order valence-corrected chi connectivity index (χ1v) is 8.88. The first kappa shape index (κ1) is 17.4. The van der Waals surface area contributed by atoms with E-state index in [0.717, 1.165) is 18.4 Å². The number of carbonyl (C=O) groups is 3. The summed E-state index contributed by atoms with van der Waals surface area (Å²) in [5, 5.41) is 2.24. The Kier molecular flexibility index (Phi) is 5.31. The van der Waals surface area contributed by atoms with E-state index in [0.29, 0.717) is 5.49 Å². The summed E-state index contributed by atoms with van der Waals surface area (Å²) < 4.78 is 1.52. The molecule has 0 unspecified atom stereocenters. The number of amides is 3. The second-order valence-corrected chi connectivity index (χ2v) is 6.77. The third-order valence-corrected chi connectivity index (χ3v) is 4.72. The predicted octanol–water partition coefficient (Wildman–Crippen LogP) is 1.61. The highest BCUT2D eigenvalue weighted by molar-refractivity contribution is 5.98. The lowest BCUT2D eigenvalue weighted by atomic mass is 9.96. The van der Waals surface area contributed by atoms with E-state index in [1.54, 1.807) is 6.20 Å². The van der Waals surface area contributed by atoms with Crippen molar-refractivity contribution in [2.45, 2.75) is 51.5 Å². The summed E-state index contributed by atoms with van der Waals surface area (Å²) in [5.74, 6) is -0.524. The largest absolute Gasteiger partial charge is 0.324 e. The van der Waals surface area contributed by atoms with E-state index in [4.69, 9.17) is 4.99 Å². The number of aromatic nitrogens is 1. The molecular formula is C18H24N4O3. The number of urea groups is 1. The number of aryl methyl sites for hydroxylation is 1. The smallest absolute Gasteiger partial charge is 0.315 e.